The van der Waals surface area contributed by atoms with Crippen molar-refractivity contribution in [3.05, 3.63) is 64.5 Å². The van der Waals surface area contributed by atoms with Crippen LogP contribution in [-0.4, -0.2) is 21.9 Å². The van der Waals surface area contributed by atoms with Crippen LogP contribution in [0.3, 0.4) is 0 Å². The number of hydrogen-bond acceptors (Lipinski definition) is 4. The van der Waals surface area contributed by atoms with Crippen molar-refractivity contribution in [1.82, 2.24) is 10.3 Å². The normalized spacial score (nSPS) is 12.6. The number of rotatable bonds is 6. The zero-order valence-electron chi connectivity index (χ0n) is 14.3. The molecule has 0 saturated heterocycles. The molecule has 1 heterocycles. The summed E-state index contributed by atoms with van der Waals surface area (Å²) in [6.45, 7) is 5.87. The van der Waals surface area contributed by atoms with Crippen LogP contribution in [0, 0.1) is 13.8 Å². The van der Waals surface area contributed by atoms with Gasteiger partial charge in [0.05, 0.1) is 11.4 Å². The van der Waals surface area contributed by atoms with Crippen LogP contribution in [0.5, 0.6) is 0 Å². The number of hydrogen-bond donors (Lipinski definition) is 2. The van der Waals surface area contributed by atoms with Gasteiger partial charge in [0, 0.05) is 5.69 Å². The molecular formula is C18H20ClN3O3. The molecule has 0 aliphatic rings. The number of alkyl halides is 1. The minimum atomic E-state index is -1.18. The first kappa shape index (κ1) is 18.7. The highest BCUT2D eigenvalue weighted by Gasteiger charge is 2.14. The van der Waals surface area contributed by atoms with Gasteiger partial charge in [0.25, 0.3) is 0 Å². The average molecular weight is 362 g/mol. The Hall–Kier alpha value is -2.60. The Kier molecular flexibility index (Phi) is 6.36. The SMILES string of the molecule is CC(=NOCc1cccc(C)n1)c1ccc(C)c(C(Cl)NC(=O)O)c1. The Labute approximate surface area is 151 Å². The molecule has 2 aromatic rings. The van der Waals surface area contributed by atoms with Gasteiger partial charge in [0.2, 0.25) is 0 Å². The molecule has 0 saturated carbocycles. The number of benzene rings is 1. The topological polar surface area (TPSA) is 83.8 Å². The van der Waals surface area contributed by atoms with Gasteiger partial charge in [-0.05, 0) is 55.7 Å². The maximum Gasteiger partial charge on any atom is 0.406 e. The molecule has 132 valence electrons. The Morgan fingerprint density at radius 2 is 2.12 bits per heavy atom. The highest BCUT2D eigenvalue weighted by molar-refractivity contribution is 6.21. The van der Waals surface area contributed by atoms with Gasteiger partial charge in [-0.25, -0.2) is 4.79 Å². The molecule has 1 unspecified atom stereocenters. The van der Waals surface area contributed by atoms with E-state index in [0.29, 0.717) is 11.3 Å². The molecule has 0 radical (unpaired) electrons. The van der Waals surface area contributed by atoms with Crippen molar-refractivity contribution in [2.24, 2.45) is 5.16 Å². The van der Waals surface area contributed by atoms with E-state index in [1.807, 2.05) is 51.1 Å². The standard InChI is InChI=1S/C18H20ClN3O3/c1-11-7-8-14(9-16(11)17(19)21-18(23)24)13(3)22-25-10-15-6-4-5-12(2)20-15/h4-9,17,21H,10H2,1-3H3,(H,23,24). The van der Waals surface area contributed by atoms with Crippen molar-refractivity contribution in [3.8, 4) is 0 Å². The van der Waals surface area contributed by atoms with E-state index in [-0.39, 0.29) is 6.61 Å². The van der Waals surface area contributed by atoms with E-state index in [2.05, 4.69) is 15.5 Å². The summed E-state index contributed by atoms with van der Waals surface area (Å²) >= 11 is 6.11. The van der Waals surface area contributed by atoms with Crippen molar-refractivity contribution in [3.63, 3.8) is 0 Å². The largest absolute Gasteiger partial charge is 0.465 e. The third kappa shape index (κ3) is 5.46. The lowest BCUT2D eigenvalue weighted by Gasteiger charge is -2.14. The van der Waals surface area contributed by atoms with Crippen LogP contribution in [0.2, 0.25) is 0 Å². The lowest BCUT2D eigenvalue weighted by molar-refractivity contribution is 0.127. The third-order valence-corrected chi connectivity index (χ3v) is 3.92. The van der Waals surface area contributed by atoms with Crippen LogP contribution in [-0.2, 0) is 11.4 Å². The lowest BCUT2D eigenvalue weighted by Crippen LogP contribution is -2.23. The minimum Gasteiger partial charge on any atom is -0.465 e. The quantitative estimate of drug-likeness (QED) is 0.350. The molecule has 0 bridgehead atoms. The van der Waals surface area contributed by atoms with Crippen LogP contribution < -0.4 is 5.32 Å². The van der Waals surface area contributed by atoms with Crippen molar-refractivity contribution in [2.75, 3.05) is 0 Å². The molecular weight excluding hydrogens is 342 g/mol. The van der Waals surface area contributed by atoms with E-state index in [1.165, 1.54) is 0 Å². The fraction of sp³-hybridized carbons (Fsp3) is 0.278. The predicted octanol–water partition coefficient (Wildman–Crippen LogP) is 4.14. The lowest BCUT2D eigenvalue weighted by atomic mass is 10.0. The van der Waals surface area contributed by atoms with Crippen molar-refractivity contribution in [2.45, 2.75) is 32.9 Å². The molecule has 1 aromatic heterocycles. The molecule has 1 amide bonds. The third-order valence-electron chi connectivity index (χ3n) is 3.58. The average Bonchev–Trinajstić information content (AvgIpc) is 2.54. The van der Waals surface area contributed by atoms with Crippen LogP contribution in [0.25, 0.3) is 0 Å². The summed E-state index contributed by atoms with van der Waals surface area (Å²) in [5.74, 6) is 0. The Morgan fingerprint density at radius 3 is 2.80 bits per heavy atom. The van der Waals surface area contributed by atoms with Crippen LogP contribution in [0.1, 0.15) is 40.5 Å². The van der Waals surface area contributed by atoms with Crippen molar-refractivity contribution < 1.29 is 14.7 Å². The predicted molar refractivity (Wildman–Crippen MR) is 96.9 cm³/mol. The van der Waals surface area contributed by atoms with E-state index < -0.39 is 11.6 Å². The van der Waals surface area contributed by atoms with Crippen molar-refractivity contribution in [1.29, 1.82) is 0 Å². The number of carbonyl (C=O) groups is 1. The number of aromatic nitrogens is 1. The number of nitrogens with one attached hydrogen (secondary N) is 1. The molecule has 0 spiro atoms. The van der Waals surface area contributed by atoms with E-state index in [4.69, 9.17) is 21.5 Å². The molecule has 2 N–H and O–H groups in total. The fourth-order valence-corrected chi connectivity index (χ4v) is 2.58. The maximum absolute atomic E-state index is 10.8. The van der Waals surface area contributed by atoms with Crippen LogP contribution in [0.15, 0.2) is 41.6 Å². The zero-order valence-corrected chi connectivity index (χ0v) is 15.0. The maximum atomic E-state index is 10.8. The van der Waals surface area contributed by atoms with E-state index >= 15 is 0 Å². The van der Waals surface area contributed by atoms with E-state index in [0.717, 1.165) is 22.5 Å². The summed E-state index contributed by atoms with van der Waals surface area (Å²) in [6.07, 6.45) is -1.18. The molecule has 2 rings (SSSR count). The Morgan fingerprint density at radius 1 is 1.36 bits per heavy atom. The van der Waals surface area contributed by atoms with Gasteiger partial charge in [-0.1, -0.05) is 35.0 Å². The first-order chi connectivity index (χ1) is 11.9. The highest BCUT2D eigenvalue weighted by Crippen LogP contribution is 2.23. The smallest absolute Gasteiger partial charge is 0.406 e. The second-order valence-corrected chi connectivity index (χ2v) is 6.04. The number of halogens is 1. The first-order valence-corrected chi connectivity index (χ1v) is 8.14. The number of carboxylic acid groups (broad SMARTS) is 1. The molecule has 1 atom stereocenters. The van der Waals surface area contributed by atoms with Gasteiger partial charge in [-0.2, -0.15) is 0 Å². The van der Waals surface area contributed by atoms with Crippen LogP contribution in [0.4, 0.5) is 4.79 Å². The summed E-state index contributed by atoms with van der Waals surface area (Å²) in [6, 6.07) is 11.3. The summed E-state index contributed by atoms with van der Waals surface area (Å²) in [7, 11) is 0. The zero-order chi connectivity index (χ0) is 18.4. The highest BCUT2D eigenvalue weighted by atomic mass is 35.5. The second-order valence-electron chi connectivity index (χ2n) is 5.60. The minimum absolute atomic E-state index is 0.274. The van der Waals surface area contributed by atoms with Gasteiger partial charge >= 0.3 is 6.09 Å². The molecule has 7 heteroatoms. The van der Waals surface area contributed by atoms with E-state index in [1.54, 1.807) is 6.07 Å². The Balaban J connectivity index is 2.10. The second kappa shape index (κ2) is 8.48. The molecule has 1 aromatic carbocycles. The van der Waals surface area contributed by atoms with Gasteiger partial charge < -0.3 is 15.3 Å². The molecule has 6 nitrogen and oxygen atoms in total. The van der Waals surface area contributed by atoms with Crippen LogP contribution >= 0.6 is 11.6 Å². The van der Waals surface area contributed by atoms with Gasteiger partial charge in [0.15, 0.2) is 6.61 Å². The van der Waals surface area contributed by atoms with Gasteiger partial charge in [-0.3, -0.25) is 4.98 Å². The molecule has 0 fully saturated rings. The van der Waals surface area contributed by atoms with Gasteiger partial charge in [0.1, 0.15) is 5.50 Å². The summed E-state index contributed by atoms with van der Waals surface area (Å²) in [5, 5.41) is 15.2. The summed E-state index contributed by atoms with van der Waals surface area (Å²) < 4.78 is 0. The number of oxime groups is 1. The van der Waals surface area contributed by atoms with E-state index in [9.17, 15) is 4.79 Å². The number of amides is 1. The Bertz CT molecular complexity index is 793. The number of aryl methyl sites for hydroxylation is 2. The molecule has 0 aliphatic heterocycles. The summed E-state index contributed by atoms with van der Waals surface area (Å²) in [5.41, 5.74) is 3.91. The summed E-state index contributed by atoms with van der Waals surface area (Å²) in [4.78, 5) is 20.5. The number of pyridine rings is 1. The number of nitrogens with zero attached hydrogens (tertiary/aromatic N) is 2. The van der Waals surface area contributed by atoms with Gasteiger partial charge in [-0.15, -0.1) is 0 Å². The molecule has 0 aliphatic carbocycles. The first-order valence-electron chi connectivity index (χ1n) is 7.70. The van der Waals surface area contributed by atoms with Crippen molar-refractivity contribution >= 4 is 23.4 Å². The monoisotopic (exact) mass is 361 g/mol. The fourth-order valence-electron chi connectivity index (χ4n) is 2.25. The molecule has 25 heavy (non-hydrogen) atoms.